The Labute approximate surface area is 79.5 Å². The third-order valence-corrected chi connectivity index (χ3v) is 1.45. The summed E-state index contributed by atoms with van der Waals surface area (Å²) in [6.07, 6.45) is 6.59. The highest BCUT2D eigenvalue weighted by Crippen LogP contribution is 1.98. The Morgan fingerprint density at radius 3 is 2.77 bits per heavy atom. The number of nitrogens with one attached hydrogen (secondary N) is 1. The number of aliphatic hydroxyl groups excluding tert-OH is 1. The van der Waals surface area contributed by atoms with E-state index in [0.29, 0.717) is 18.6 Å². The first-order valence-electron chi connectivity index (χ1n) is 4.69. The molecule has 0 amide bonds. The number of aromatic amines is 1. The molecule has 13 heavy (non-hydrogen) atoms. The molecule has 0 spiro atoms. The molecule has 0 saturated heterocycles. The zero-order valence-corrected chi connectivity index (χ0v) is 8.54. The molecule has 0 bridgehead atoms. The van der Waals surface area contributed by atoms with E-state index in [1.54, 1.807) is 18.5 Å². The fourth-order valence-electron chi connectivity index (χ4n) is 0.768. The van der Waals surface area contributed by atoms with Crippen LogP contribution in [0.5, 0.6) is 0 Å². The summed E-state index contributed by atoms with van der Waals surface area (Å²) >= 11 is 0. The fraction of sp³-hybridized carbons (Fsp3) is 0.500. The monoisotopic (exact) mass is 182 g/mol. The second kappa shape index (κ2) is 7.40. The van der Waals surface area contributed by atoms with E-state index in [1.165, 1.54) is 0 Å². The number of allylic oxidation sites excluding steroid dienone is 2. The van der Waals surface area contributed by atoms with Crippen LogP contribution in [-0.2, 0) is 6.42 Å². The molecule has 0 unspecified atom stereocenters. The smallest absolute Gasteiger partial charge is 0.109 e. The Bertz CT molecular complexity index is 227. The van der Waals surface area contributed by atoms with E-state index in [1.807, 2.05) is 20.8 Å². The number of hydrogen-bond acceptors (Lipinski definition) is 2. The van der Waals surface area contributed by atoms with Gasteiger partial charge in [-0.25, -0.2) is 4.98 Å². The van der Waals surface area contributed by atoms with Crippen LogP contribution in [0.15, 0.2) is 24.2 Å². The Hall–Kier alpha value is -1.25. The van der Waals surface area contributed by atoms with Gasteiger partial charge in [0, 0.05) is 25.2 Å². The van der Waals surface area contributed by atoms with Crippen molar-refractivity contribution in [2.24, 2.45) is 0 Å². The molecule has 0 atom stereocenters. The summed E-state index contributed by atoms with van der Waals surface area (Å²) in [5, 5.41) is 9.08. The van der Waals surface area contributed by atoms with E-state index in [9.17, 15) is 0 Å². The van der Waals surface area contributed by atoms with Crippen molar-refractivity contribution >= 4 is 0 Å². The predicted octanol–water partition coefficient (Wildman–Crippen LogP) is 2.83. The third-order valence-electron chi connectivity index (χ3n) is 1.45. The number of nitrogens with zero attached hydrogens (tertiary/aromatic N) is 1. The van der Waals surface area contributed by atoms with Crippen LogP contribution in [0.25, 0.3) is 0 Å². The minimum absolute atomic E-state index is 0.418. The van der Waals surface area contributed by atoms with E-state index in [4.69, 9.17) is 5.11 Å². The lowest BCUT2D eigenvalue weighted by Crippen LogP contribution is -1.86. The Kier molecular flexibility index (Phi) is 6.69. The topological polar surface area (TPSA) is 48.9 Å². The number of rotatable bonds is 3. The number of hydrogen-bond donors (Lipinski definition) is 2. The molecule has 0 saturated carbocycles. The molecule has 0 aromatic carbocycles. The molecular weight excluding hydrogens is 164 g/mol. The molecule has 0 aliphatic rings. The molecule has 0 aliphatic carbocycles. The summed E-state index contributed by atoms with van der Waals surface area (Å²) in [5.41, 5.74) is 0. The van der Waals surface area contributed by atoms with Crippen molar-refractivity contribution in [1.29, 1.82) is 0 Å². The van der Waals surface area contributed by atoms with E-state index in [-0.39, 0.29) is 0 Å². The maximum absolute atomic E-state index is 9.08. The average Bonchev–Trinajstić information content (AvgIpc) is 2.70. The Morgan fingerprint density at radius 2 is 2.31 bits per heavy atom. The summed E-state index contributed by atoms with van der Waals surface area (Å²) in [5.74, 6) is 1.30. The Morgan fingerprint density at radius 1 is 1.62 bits per heavy atom. The van der Waals surface area contributed by atoms with Gasteiger partial charge in [0.25, 0.3) is 0 Å². The van der Waals surface area contributed by atoms with Gasteiger partial charge < -0.3 is 10.1 Å². The summed E-state index contributed by atoms with van der Waals surface area (Å²) in [4.78, 5) is 6.96. The van der Waals surface area contributed by atoms with Gasteiger partial charge in [0.05, 0.1) is 5.76 Å². The SMILES string of the molecule is CC.CC/C(O)=C/Cc1ncc[nH]1. The maximum atomic E-state index is 9.08. The van der Waals surface area contributed by atoms with Gasteiger partial charge >= 0.3 is 0 Å². The molecule has 74 valence electrons. The zero-order valence-electron chi connectivity index (χ0n) is 8.54. The highest BCUT2D eigenvalue weighted by Gasteiger charge is 1.91. The van der Waals surface area contributed by atoms with Crippen LogP contribution in [0.1, 0.15) is 33.0 Å². The minimum atomic E-state index is 0.418. The number of H-pyrrole nitrogens is 1. The molecule has 2 N–H and O–H groups in total. The van der Waals surface area contributed by atoms with Crippen LogP contribution in [0.4, 0.5) is 0 Å². The normalized spacial score (nSPS) is 10.5. The molecule has 1 rings (SSSR count). The molecular formula is C10H18N2O. The third kappa shape index (κ3) is 5.06. The summed E-state index contributed by atoms with van der Waals surface area (Å²) < 4.78 is 0. The molecule has 1 aromatic rings. The molecule has 0 fully saturated rings. The second-order valence-electron chi connectivity index (χ2n) is 2.29. The van der Waals surface area contributed by atoms with Crippen LogP contribution in [0.3, 0.4) is 0 Å². The summed E-state index contributed by atoms with van der Waals surface area (Å²) in [7, 11) is 0. The number of imidazole rings is 1. The van der Waals surface area contributed by atoms with Crippen molar-refractivity contribution < 1.29 is 5.11 Å². The summed E-state index contributed by atoms with van der Waals surface area (Å²) in [6.45, 7) is 5.91. The second-order valence-corrected chi connectivity index (χ2v) is 2.29. The van der Waals surface area contributed by atoms with Gasteiger partial charge in [-0.2, -0.15) is 0 Å². The summed E-state index contributed by atoms with van der Waals surface area (Å²) in [6, 6.07) is 0. The highest BCUT2D eigenvalue weighted by atomic mass is 16.3. The van der Waals surface area contributed by atoms with Crippen molar-refractivity contribution in [3.8, 4) is 0 Å². The van der Waals surface area contributed by atoms with Gasteiger partial charge in [-0.3, -0.25) is 0 Å². The fourth-order valence-corrected chi connectivity index (χ4v) is 0.768. The van der Waals surface area contributed by atoms with Gasteiger partial charge in [-0.05, 0) is 6.08 Å². The standard InChI is InChI=1S/C8H12N2O.C2H6/c1-2-7(11)3-4-8-9-5-6-10-8;1-2/h3,5-6,11H,2,4H2,1H3,(H,9,10);1-2H3/b7-3-;. The van der Waals surface area contributed by atoms with Crippen molar-refractivity contribution in [3.05, 3.63) is 30.1 Å². The lowest BCUT2D eigenvalue weighted by Gasteiger charge is -1.92. The van der Waals surface area contributed by atoms with Crippen LogP contribution in [0.2, 0.25) is 0 Å². The lowest BCUT2D eigenvalue weighted by molar-refractivity contribution is 0.392. The van der Waals surface area contributed by atoms with Crippen molar-refractivity contribution in [1.82, 2.24) is 9.97 Å². The van der Waals surface area contributed by atoms with E-state index >= 15 is 0 Å². The quantitative estimate of drug-likeness (QED) is 0.706. The van der Waals surface area contributed by atoms with Crippen LogP contribution in [0, 0.1) is 0 Å². The minimum Gasteiger partial charge on any atom is -0.513 e. The van der Waals surface area contributed by atoms with E-state index in [2.05, 4.69) is 9.97 Å². The lowest BCUT2D eigenvalue weighted by atomic mass is 10.3. The van der Waals surface area contributed by atoms with Crippen molar-refractivity contribution in [2.75, 3.05) is 0 Å². The predicted molar refractivity (Wildman–Crippen MR) is 54.6 cm³/mol. The highest BCUT2D eigenvalue weighted by molar-refractivity contribution is 4.99. The molecule has 0 radical (unpaired) electrons. The first-order valence-corrected chi connectivity index (χ1v) is 4.69. The van der Waals surface area contributed by atoms with Crippen molar-refractivity contribution in [2.45, 2.75) is 33.6 Å². The molecule has 1 aromatic heterocycles. The molecule has 3 heteroatoms. The van der Waals surface area contributed by atoms with Gasteiger partial charge in [0.2, 0.25) is 0 Å². The van der Waals surface area contributed by atoms with Crippen LogP contribution < -0.4 is 0 Å². The van der Waals surface area contributed by atoms with Gasteiger partial charge in [0.1, 0.15) is 5.82 Å². The largest absolute Gasteiger partial charge is 0.513 e. The average molecular weight is 182 g/mol. The number of aromatic nitrogens is 2. The van der Waals surface area contributed by atoms with Gasteiger partial charge in [-0.1, -0.05) is 20.8 Å². The van der Waals surface area contributed by atoms with Crippen LogP contribution in [-0.4, -0.2) is 15.1 Å². The van der Waals surface area contributed by atoms with Gasteiger partial charge in [0.15, 0.2) is 0 Å². The number of aliphatic hydroxyl groups is 1. The molecule has 1 heterocycles. The first kappa shape index (κ1) is 11.8. The van der Waals surface area contributed by atoms with Crippen molar-refractivity contribution in [3.63, 3.8) is 0 Å². The van der Waals surface area contributed by atoms with E-state index in [0.717, 1.165) is 5.82 Å². The maximum Gasteiger partial charge on any atom is 0.109 e. The Balaban J connectivity index is 0.000000671. The molecule has 3 nitrogen and oxygen atoms in total. The first-order chi connectivity index (χ1) is 6.33. The van der Waals surface area contributed by atoms with E-state index < -0.39 is 0 Å². The van der Waals surface area contributed by atoms with Crippen LogP contribution >= 0.6 is 0 Å². The van der Waals surface area contributed by atoms with Gasteiger partial charge in [-0.15, -0.1) is 0 Å². The molecule has 0 aliphatic heterocycles. The zero-order chi connectivity index (χ0) is 10.1.